The van der Waals surface area contributed by atoms with E-state index in [4.69, 9.17) is 9.90 Å². The number of carbonyl (C=O) groups is 2. The highest BCUT2D eigenvalue weighted by Crippen LogP contribution is 2.43. The Bertz CT molecular complexity index is 1190. The van der Waals surface area contributed by atoms with Crippen molar-refractivity contribution in [2.75, 3.05) is 6.54 Å². The molecule has 1 atom stereocenters. The minimum atomic E-state index is -4.72. The van der Waals surface area contributed by atoms with Crippen molar-refractivity contribution in [3.8, 4) is 16.2 Å². The maximum Gasteiger partial charge on any atom is 0.402 e. The van der Waals surface area contributed by atoms with Gasteiger partial charge in [-0.2, -0.15) is 22.0 Å². The zero-order valence-corrected chi connectivity index (χ0v) is 23.9. The Morgan fingerprint density at radius 2 is 1.83 bits per heavy atom. The fourth-order valence-electron chi connectivity index (χ4n) is 3.86. The minimum Gasteiger partial charge on any atom is -0.483 e. The Hall–Kier alpha value is -2.72. The van der Waals surface area contributed by atoms with Gasteiger partial charge in [0.2, 0.25) is 0 Å². The van der Waals surface area contributed by atoms with Crippen LogP contribution in [0.3, 0.4) is 0 Å². The molecule has 2 aromatic rings. The Labute approximate surface area is 239 Å². The van der Waals surface area contributed by atoms with Gasteiger partial charge >= 0.3 is 12.8 Å². The molecule has 2 fully saturated rings. The number of hydrogen-bond donors (Lipinski definition) is 3. The van der Waals surface area contributed by atoms with Gasteiger partial charge in [-0.1, -0.05) is 33.1 Å². The molecule has 8 nitrogen and oxygen atoms in total. The molecule has 1 aromatic heterocycles. The first-order valence-electron chi connectivity index (χ1n) is 12.8. The average Bonchev–Trinajstić information content (AvgIpc) is 3.28. The van der Waals surface area contributed by atoms with Crippen LogP contribution in [0, 0.1) is 11.7 Å². The molecular formula is C25H31F6N3O5S2. The lowest BCUT2D eigenvalue weighted by atomic mass is 9.82. The number of nitrogens with zero attached hydrogens (tertiary/aromatic N) is 1. The molecule has 0 spiro atoms. The van der Waals surface area contributed by atoms with Crippen molar-refractivity contribution in [2.24, 2.45) is 5.92 Å². The fraction of sp³-hybridized carbons (Fsp3) is 0.560. The second-order valence-corrected chi connectivity index (χ2v) is 11.1. The number of thiazole rings is 1. The quantitative estimate of drug-likeness (QED) is 0.216. The van der Waals surface area contributed by atoms with Crippen LogP contribution in [0.2, 0.25) is 0 Å². The number of rotatable bonds is 10. The summed E-state index contributed by atoms with van der Waals surface area (Å²) >= 11 is 0.897. The molecule has 1 aromatic carbocycles. The van der Waals surface area contributed by atoms with Crippen LogP contribution >= 0.6 is 11.3 Å². The smallest absolute Gasteiger partial charge is 0.402 e. The van der Waals surface area contributed by atoms with Crippen molar-refractivity contribution >= 4 is 34.7 Å². The summed E-state index contributed by atoms with van der Waals surface area (Å²) in [6.07, 6.45) is 1.30. The lowest BCUT2D eigenvalue weighted by Crippen LogP contribution is -2.39. The summed E-state index contributed by atoms with van der Waals surface area (Å²) in [5.74, 6) is -2.59. The number of nitrogens with one attached hydrogen (secondary N) is 2. The molecule has 0 radical (unpaired) electrons. The molecule has 16 heteroatoms. The van der Waals surface area contributed by atoms with Crippen LogP contribution in [0.15, 0.2) is 17.0 Å². The molecule has 4 rings (SSSR count). The molecule has 1 amide bonds. The summed E-state index contributed by atoms with van der Waals surface area (Å²) in [6, 6.07) is 2.13. The molecule has 3 N–H and O–H groups in total. The van der Waals surface area contributed by atoms with Gasteiger partial charge in [0.05, 0.1) is 15.5 Å². The van der Waals surface area contributed by atoms with Gasteiger partial charge in [-0.15, -0.1) is 11.3 Å². The molecule has 2 aliphatic rings. The molecule has 2 aliphatic carbocycles. The monoisotopic (exact) mass is 631 g/mol. The number of amides is 1. The van der Waals surface area contributed by atoms with Crippen LogP contribution in [-0.2, 0) is 22.2 Å². The molecule has 230 valence electrons. The van der Waals surface area contributed by atoms with Gasteiger partial charge in [-0.25, -0.2) is 18.3 Å². The summed E-state index contributed by atoms with van der Waals surface area (Å²) in [5, 5.41) is 9.84. The second-order valence-electron chi connectivity index (χ2n) is 8.84. The van der Waals surface area contributed by atoms with Gasteiger partial charge < -0.3 is 15.2 Å². The van der Waals surface area contributed by atoms with E-state index in [1.165, 1.54) is 0 Å². The van der Waals surface area contributed by atoms with Crippen LogP contribution in [0.1, 0.15) is 67.9 Å². The lowest BCUT2D eigenvalue weighted by Gasteiger charge is -2.25. The number of ether oxygens (including phenoxy) is 1. The highest BCUT2D eigenvalue weighted by Gasteiger charge is 2.31. The third-order valence-electron chi connectivity index (χ3n) is 6.16. The Balaban J connectivity index is 0.00000110. The molecule has 0 saturated heterocycles. The van der Waals surface area contributed by atoms with Gasteiger partial charge in [0, 0.05) is 11.6 Å². The van der Waals surface area contributed by atoms with Gasteiger partial charge in [-0.05, 0) is 43.7 Å². The molecule has 41 heavy (non-hydrogen) atoms. The van der Waals surface area contributed by atoms with Crippen molar-refractivity contribution in [3.63, 3.8) is 0 Å². The van der Waals surface area contributed by atoms with Crippen molar-refractivity contribution in [2.45, 2.75) is 82.5 Å². The van der Waals surface area contributed by atoms with Crippen molar-refractivity contribution < 1.29 is 50.0 Å². The van der Waals surface area contributed by atoms with Crippen molar-refractivity contribution in [1.82, 2.24) is 15.0 Å². The third-order valence-corrected chi connectivity index (χ3v) is 8.41. The molecule has 0 aliphatic heterocycles. The van der Waals surface area contributed by atoms with Gasteiger partial charge in [0.15, 0.2) is 16.6 Å². The maximum absolute atomic E-state index is 15.2. The summed E-state index contributed by atoms with van der Waals surface area (Å²) in [6.45, 7) is -1.39. The SMILES string of the molecule is CC.O=C(NC1CCC1)c1nc(CC2CCC2)c(-c2ccc(S(=O)NCC(F)(F)F)c(F)c2OC(F)F)s1.O=CO. The van der Waals surface area contributed by atoms with Crippen molar-refractivity contribution in [3.05, 3.63) is 28.7 Å². The number of aromatic nitrogens is 1. The van der Waals surface area contributed by atoms with Crippen LogP contribution in [0.25, 0.3) is 10.4 Å². The number of halogens is 6. The van der Waals surface area contributed by atoms with Crippen LogP contribution in [-0.4, -0.2) is 52.1 Å². The number of carbonyl (C=O) groups excluding carboxylic acids is 1. The highest BCUT2D eigenvalue weighted by molar-refractivity contribution is 7.83. The number of alkyl halides is 5. The molecule has 2 saturated carbocycles. The Morgan fingerprint density at radius 3 is 2.32 bits per heavy atom. The molecule has 1 heterocycles. The van der Waals surface area contributed by atoms with E-state index in [1.54, 1.807) is 4.72 Å². The van der Waals surface area contributed by atoms with Crippen LogP contribution in [0.4, 0.5) is 26.3 Å². The lowest BCUT2D eigenvalue weighted by molar-refractivity contribution is -0.123. The summed E-state index contributed by atoms with van der Waals surface area (Å²) < 4.78 is 97.4. The number of benzene rings is 1. The van der Waals surface area contributed by atoms with E-state index in [0.717, 1.165) is 62.0 Å². The van der Waals surface area contributed by atoms with E-state index >= 15 is 4.39 Å². The number of carboxylic acid groups (broad SMARTS) is 1. The Kier molecular flexibility index (Phi) is 13.5. The highest BCUT2D eigenvalue weighted by atomic mass is 32.2. The standard InChI is InChI=1S/C22H23F6N3O3S2.C2H6.CH2O2/c23-16-15(36(33)29-10-22(26,27)28)8-7-13(17(16)34-21(24)25)18-14(9-11-3-1-4-11)31-20(35-18)19(32)30-12-5-2-6-12;1-2;2-1-3/h7-8,11-12,21,29H,1-6,9-10H2,(H,30,32);1-2H3;1H,(H,2,3). The molecule has 1 unspecified atom stereocenters. The van der Waals surface area contributed by atoms with Gasteiger partial charge in [0.25, 0.3) is 12.4 Å². The predicted molar refractivity (Wildman–Crippen MR) is 141 cm³/mol. The molecular weight excluding hydrogens is 600 g/mol. The summed E-state index contributed by atoms with van der Waals surface area (Å²) in [4.78, 5) is 25.0. The zero-order chi connectivity index (χ0) is 30.7. The van der Waals surface area contributed by atoms with E-state index < -0.39 is 52.7 Å². The predicted octanol–water partition coefficient (Wildman–Crippen LogP) is 6.08. The average molecular weight is 632 g/mol. The topological polar surface area (TPSA) is 118 Å². The van der Waals surface area contributed by atoms with Gasteiger partial charge in [-0.3, -0.25) is 9.59 Å². The maximum atomic E-state index is 15.2. The fourth-order valence-corrected chi connectivity index (χ4v) is 5.77. The van der Waals surface area contributed by atoms with E-state index in [1.807, 2.05) is 13.8 Å². The van der Waals surface area contributed by atoms with E-state index in [9.17, 15) is 31.0 Å². The number of hydrogen-bond acceptors (Lipinski definition) is 6. The largest absolute Gasteiger partial charge is 0.483 e. The van der Waals surface area contributed by atoms with E-state index in [0.29, 0.717) is 12.1 Å². The third kappa shape index (κ3) is 9.95. The van der Waals surface area contributed by atoms with Gasteiger partial charge in [0.1, 0.15) is 17.5 Å². The van der Waals surface area contributed by atoms with E-state index in [-0.39, 0.29) is 33.9 Å². The summed E-state index contributed by atoms with van der Waals surface area (Å²) in [5.41, 5.74) is 0.282. The first kappa shape index (κ1) is 34.5. The zero-order valence-electron chi connectivity index (χ0n) is 22.2. The first-order chi connectivity index (χ1) is 19.4. The summed E-state index contributed by atoms with van der Waals surface area (Å²) in [7, 11) is -2.69. The van der Waals surface area contributed by atoms with Crippen LogP contribution in [0.5, 0.6) is 5.75 Å². The minimum absolute atomic E-state index is 0.0357. The molecule has 0 bridgehead atoms. The normalized spacial score (nSPS) is 15.8. The second kappa shape index (κ2) is 16.1. The van der Waals surface area contributed by atoms with Crippen LogP contribution < -0.4 is 14.8 Å². The first-order valence-corrected chi connectivity index (χ1v) is 14.8. The Morgan fingerprint density at radius 1 is 1.22 bits per heavy atom. The van der Waals surface area contributed by atoms with E-state index in [2.05, 4.69) is 15.0 Å². The van der Waals surface area contributed by atoms with Crippen molar-refractivity contribution in [1.29, 1.82) is 0 Å².